The van der Waals surface area contributed by atoms with Crippen LogP contribution < -0.4 is 16.0 Å². The highest BCUT2D eigenvalue weighted by molar-refractivity contribution is 7.07. The Kier molecular flexibility index (Phi) is 11.3. The second kappa shape index (κ2) is 15.6. The van der Waals surface area contributed by atoms with Crippen LogP contribution in [0.2, 0.25) is 0 Å². The van der Waals surface area contributed by atoms with Gasteiger partial charge in [0.05, 0.1) is 17.6 Å². The Labute approximate surface area is 282 Å². The predicted octanol–water partition coefficient (Wildman–Crippen LogP) is 3.73. The van der Waals surface area contributed by atoms with Gasteiger partial charge in [0, 0.05) is 26.2 Å². The second-order valence-corrected chi connectivity index (χ2v) is 13.3. The first-order valence-corrected chi connectivity index (χ1v) is 16.9. The summed E-state index contributed by atoms with van der Waals surface area (Å²) in [5, 5.41) is 15.8. The molecular weight excluding hydrogens is 639 g/mol. The van der Waals surface area contributed by atoms with Crippen molar-refractivity contribution in [2.24, 2.45) is 11.8 Å². The van der Waals surface area contributed by atoms with Crippen LogP contribution in [0.4, 0.5) is 10.1 Å². The third-order valence-corrected chi connectivity index (χ3v) is 9.85. The van der Waals surface area contributed by atoms with Gasteiger partial charge in [0.2, 0.25) is 5.91 Å². The molecule has 1 aliphatic carbocycles. The lowest BCUT2D eigenvalue weighted by molar-refractivity contribution is -0.129. The van der Waals surface area contributed by atoms with E-state index >= 15 is 4.39 Å². The summed E-state index contributed by atoms with van der Waals surface area (Å²) in [7, 11) is 1.97. The van der Waals surface area contributed by atoms with E-state index in [1.54, 1.807) is 17.9 Å². The lowest BCUT2D eigenvalue weighted by Crippen LogP contribution is -2.49. The number of anilines is 1. The van der Waals surface area contributed by atoms with Crippen molar-refractivity contribution in [2.75, 3.05) is 38.5 Å². The van der Waals surface area contributed by atoms with Gasteiger partial charge < -0.3 is 30.3 Å². The zero-order chi connectivity index (χ0) is 34.4. The summed E-state index contributed by atoms with van der Waals surface area (Å²) in [4.78, 5) is 57.6. The first kappa shape index (κ1) is 34.8. The Bertz CT molecular complexity index is 1660. The highest BCUT2D eigenvalue weighted by atomic mass is 32.1. The molecule has 0 bridgehead atoms. The van der Waals surface area contributed by atoms with Gasteiger partial charge in [-0.1, -0.05) is 42.4 Å². The van der Waals surface area contributed by atoms with Gasteiger partial charge in [-0.05, 0) is 79.9 Å². The average Bonchev–Trinajstić information content (AvgIpc) is 3.80. The molecule has 0 radical (unpaired) electrons. The molecule has 2 aliphatic rings. The van der Waals surface area contributed by atoms with Crippen molar-refractivity contribution in [1.82, 2.24) is 35.2 Å². The van der Waals surface area contributed by atoms with E-state index in [1.807, 2.05) is 14.0 Å². The molecule has 0 unspecified atom stereocenters. The minimum absolute atomic E-state index is 0.0172. The zero-order valence-corrected chi connectivity index (χ0v) is 28.4. The van der Waals surface area contributed by atoms with Gasteiger partial charge in [0.15, 0.2) is 0 Å². The smallest absolute Gasteiger partial charge is 0.270 e. The van der Waals surface area contributed by atoms with Crippen LogP contribution in [0.1, 0.15) is 77.7 Å². The quantitative estimate of drug-likeness (QED) is 0.271. The van der Waals surface area contributed by atoms with Gasteiger partial charge >= 0.3 is 0 Å². The van der Waals surface area contributed by atoms with E-state index in [1.165, 1.54) is 24.6 Å². The minimum atomic E-state index is -0.908. The summed E-state index contributed by atoms with van der Waals surface area (Å²) in [5.41, 5.74) is 1.38. The Hall–Kier alpha value is -4.50. The Morgan fingerprint density at radius 2 is 1.81 bits per heavy atom. The summed E-state index contributed by atoms with van der Waals surface area (Å²) in [6.45, 7) is 7.93. The zero-order valence-electron chi connectivity index (χ0n) is 27.5. The lowest BCUT2D eigenvalue weighted by atomic mass is 9.79. The third kappa shape index (κ3) is 8.13. The number of rotatable bonds is 10. The van der Waals surface area contributed by atoms with Crippen LogP contribution in [0.5, 0.6) is 0 Å². The van der Waals surface area contributed by atoms with Crippen LogP contribution in [0.3, 0.4) is 0 Å². The maximum absolute atomic E-state index is 15.7. The number of nitrogens with zero attached hydrogens (tertiary/aromatic N) is 5. The van der Waals surface area contributed by atoms with Crippen LogP contribution in [0.25, 0.3) is 5.57 Å². The van der Waals surface area contributed by atoms with Gasteiger partial charge in [-0.2, -0.15) is 0 Å². The van der Waals surface area contributed by atoms with Crippen LogP contribution in [0, 0.1) is 17.7 Å². The van der Waals surface area contributed by atoms with Gasteiger partial charge in [-0.3, -0.25) is 19.2 Å². The van der Waals surface area contributed by atoms with E-state index in [0.29, 0.717) is 55.3 Å². The number of aryl methyl sites for hydroxylation is 1. The van der Waals surface area contributed by atoms with Gasteiger partial charge in [0.1, 0.15) is 34.3 Å². The molecule has 1 atom stereocenters. The summed E-state index contributed by atoms with van der Waals surface area (Å²) in [6.07, 6.45) is 6.36. The normalized spacial score (nSPS) is 19.6. The molecule has 1 aliphatic heterocycles. The fourth-order valence-corrected chi connectivity index (χ4v) is 6.47. The molecule has 4 amide bonds. The second-order valence-electron chi connectivity index (χ2n) is 12.5. The lowest BCUT2D eigenvalue weighted by Gasteiger charge is -2.33. The monoisotopic (exact) mass is 680 g/mol. The number of allylic oxidation sites excluding steroid dienone is 1. The number of benzene rings is 1. The van der Waals surface area contributed by atoms with Crippen molar-refractivity contribution in [3.05, 3.63) is 63.9 Å². The molecule has 13 nitrogen and oxygen atoms in total. The van der Waals surface area contributed by atoms with E-state index < -0.39 is 29.6 Å². The molecule has 0 spiro atoms. The molecule has 1 aromatic carbocycles. The van der Waals surface area contributed by atoms with E-state index in [-0.39, 0.29) is 33.7 Å². The van der Waals surface area contributed by atoms with E-state index in [4.69, 9.17) is 4.52 Å². The van der Waals surface area contributed by atoms with Gasteiger partial charge in [0.25, 0.3) is 17.7 Å². The number of carbonyl (C=O) groups is 4. The van der Waals surface area contributed by atoms with E-state index in [0.717, 1.165) is 37.2 Å². The molecule has 3 aromatic rings. The molecule has 5 rings (SSSR count). The highest BCUT2D eigenvalue weighted by Gasteiger charge is 2.34. The maximum atomic E-state index is 15.7. The topological polar surface area (TPSA) is 163 Å². The summed E-state index contributed by atoms with van der Waals surface area (Å²) >= 11 is 0.894. The Morgan fingerprint density at radius 1 is 1.08 bits per heavy atom. The number of halogens is 1. The number of carbonyl (C=O) groups excluding carboxylic acids is 4. The molecular formula is C33H41FN8O5S. The number of nitrogens with one attached hydrogen (secondary N) is 3. The molecule has 256 valence electrons. The number of piperazine rings is 1. The molecule has 3 heterocycles. The molecule has 1 saturated carbocycles. The van der Waals surface area contributed by atoms with Crippen molar-refractivity contribution in [3.8, 4) is 0 Å². The molecule has 1 saturated heterocycles. The SMILES string of the molecule is CCc1nocc1C(=O)N[C@H](C(=O)Nc1ccc(/C(C)=C(/NC(=O)c2cnns2)C(=O)N2CCN(C)CC2)cc1F)[C@H]1CC[C@H](C)CC1. The van der Waals surface area contributed by atoms with Crippen molar-refractivity contribution in [3.63, 3.8) is 0 Å². The van der Waals surface area contributed by atoms with Gasteiger partial charge in [-0.25, -0.2) is 4.39 Å². The molecule has 2 aromatic heterocycles. The van der Waals surface area contributed by atoms with Gasteiger partial charge in [-0.15, -0.1) is 5.10 Å². The number of hydrogen-bond donors (Lipinski definition) is 3. The number of aromatic nitrogens is 3. The number of amides is 4. The van der Waals surface area contributed by atoms with Crippen molar-refractivity contribution < 1.29 is 28.1 Å². The minimum Gasteiger partial charge on any atom is -0.364 e. The molecule has 48 heavy (non-hydrogen) atoms. The fourth-order valence-electron chi connectivity index (χ4n) is 6.06. The summed E-state index contributed by atoms with van der Waals surface area (Å²) in [5.74, 6) is -2.30. The Balaban J connectivity index is 1.38. The number of hydrogen-bond acceptors (Lipinski definition) is 10. The highest BCUT2D eigenvalue weighted by Crippen LogP contribution is 2.32. The van der Waals surface area contributed by atoms with Crippen LogP contribution in [0.15, 0.2) is 40.9 Å². The fraction of sp³-hybridized carbons (Fsp3) is 0.485. The summed E-state index contributed by atoms with van der Waals surface area (Å²) < 4.78 is 24.4. The molecule has 15 heteroatoms. The Morgan fingerprint density at radius 3 is 2.46 bits per heavy atom. The van der Waals surface area contributed by atoms with Crippen LogP contribution >= 0.6 is 11.5 Å². The summed E-state index contributed by atoms with van der Waals surface area (Å²) in [6, 6.07) is 3.29. The maximum Gasteiger partial charge on any atom is 0.270 e. The largest absolute Gasteiger partial charge is 0.364 e. The van der Waals surface area contributed by atoms with Crippen LogP contribution in [-0.2, 0) is 16.0 Å². The van der Waals surface area contributed by atoms with Crippen molar-refractivity contribution in [1.29, 1.82) is 0 Å². The molecule has 2 fully saturated rings. The first-order chi connectivity index (χ1) is 23.0. The average molecular weight is 681 g/mol. The van der Waals surface area contributed by atoms with Crippen molar-refractivity contribution >= 4 is 46.4 Å². The van der Waals surface area contributed by atoms with Crippen LogP contribution in [-0.4, -0.2) is 87.4 Å². The number of likely N-dealkylation sites (N-methyl/N-ethyl adjacent to an activating group) is 1. The third-order valence-electron chi connectivity index (χ3n) is 9.19. The molecule has 3 N–H and O–H groups in total. The first-order valence-electron chi connectivity index (χ1n) is 16.2. The standard InChI is InChI=1S/C33H41FN8O5S/c1-5-25-23(18-47-39-25)30(43)38-29(21-8-6-19(2)7-9-21)32(45)36-26-11-10-22(16-24(26)34)20(3)28(37-31(44)27-17-35-40-48-27)33(46)42-14-12-41(4)13-15-42/h10-11,16-19,21,29H,5-9,12-15H2,1-4H3,(H,36,45)(H,37,44)(H,38,43)/b28-20+/t19-,21-,29-/m0/s1. The predicted molar refractivity (Wildman–Crippen MR) is 177 cm³/mol. The van der Waals surface area contributed by atoms with E-state index in [2.05, 4.69) is 42.5 Å². The van der Waals surface area contributed by atoms with E-state index in [9.17, 15) is 19.2 Å². The van der Waals surface area contributed by atoms with Crippen molar-refractivity contribution in [2.45, 2.75) is 58.9 Å².